The van der Waals surface area contributed by atoms with Crippen LogP contribution in [0.4, 0.5) is 4.39 Å². The van der Waals surface area contributed by atoms with Gasteiger partial charge < -0.3 is 9.47 Å². The summed E-state index contributed by atoms with van der Waals surface area (Å²) in [7, 11) is 1.24. The van der Waals surface area contributed by atoms with Crippen molar-refractivity contribution in [1.82, 2.24) is 0 Å². The van der Waals surface area contributed by atoms with E-state index in [9.17, 15) is 9.18 Å². The molecule has 0 aliphatic heterocycles. The molecule has 22 heavy (non-hydrogen) atoms. The van der Waals surface area contributed by atoms with Crippen molar-refractivity contribution >= 4 is 29.2 Å². The Kier molecular flexibility index (Phi) is 5.27. The van der Waals surface area contributed by atoms with Gasteiger partial charge in [0.2, 0.25) is 0 Å². The fourth-order valence-electron chi connectivity index (χ4n) is 1.93. The number of hydrogen-bond donors (Lipinski definition) is 0. The second kappa shape index (κ2) is 6.99. The Labute approximate surface area is 137 Å². The van der Waals surface area contributed by atoms with Gasteiger partial charge in [0, 0.05) is 0 Å². The molecule has 0 aliphatic rings. The average molecular weight is 343 g/mol. The lowest BCUT2D eigenvalue weighted by atomic mass is 10.1. The second-order valence-corrected chi connectivity index (χ2v) is 5.45. The number of rotatable bonds is 4. The summed E-state index contributed by atoms with van der Waals surface area (Å²) in [6, 6.07) is 7.64. The van der Waals surface area contributed by atoms with E-state index in [0.717, 1.165) is 11.6 Å². The molecule has 2 aromatic rings. The first-order valence-corrected chi connectivity index (χ1v) is 7.13. The van der Waals surface area contributed by atoms with Crippen molar-refractivity contribution in [2.45, 2.75) is 13.5 Å². The SMILES string of the molecule is COC(=O)c1cc(C)c(OCc2ccc(Cl)c(Cl)c2)c(F)c1. The summed E-state index contributed by atoms with van der Waals surface area (Å²) in [5, 5.41) is 0.844. The number of ether oxygens (including phenoxy) is 2. The molecule has 0 heterocycles. The van der Waals surface area contributed by atoms with Crippen LogP contribution in [0.25, 0.3) is 0 Å². The molecule has 0 saturated carbocycles. The van der Waals surface area contributed by atoms with E-state index in [-0.39, 0.29) is 17.9 Å². The molecule has 2 rings (SSSR count). The normalized spacial score (nSPS) is 10.4. The Bertz CT molecular complexity index is 694. The zero-order valence-corrected chi connectivity index (χ0v) is 13.5. The minimum atomic E-state index is -0.625. The van der Waals surface area contributed by atoms with E-state index in [0.29, 0.717) is 15.6 Å². The van der Waals surface area contributed by atoms with Crippen molar-refractivity contribution in [3.05, 3.63) is 62.9 Å². The minimum Gasteiger partial charge on any atom is -0.486 e. The average Bonchev–Trinajstić information content (AvgIpc) is 2.48. The smallest absolute Gasteiger partial charge is 0.337 e. The molecule has 0 bridgehead atoms. The highest BCUT2D eigenvalue weighted by Crippen LogP contribution is 2.27. The molecular weight excluding hydrogens is 330 g/mol. The van der Waals surface area contributed by atoms with Crippen LogP contribution in [-0.2, 0) is 11.3 Å². The maximum Gasteiger partial charge on any atom is 0.337 e. The largest absolute Gasteiger partial charge is 0.486 e. The van der Waals surface area contributed by atoms with Crippen LogP contribution >= 0.6 is 23.2 Å². The predicted molar refractivity (Wildman–Crippen MR) is 83.3 cm³/mol. The molecule has 0 saturated heterocycles. The van der Waals surface area contributed by atoms with Crippen molar-refractivity contribution in [1.29, 1.82) is 0 Å². The maximum absolute atomic E-state index is 14.1. The molecule has 0 unspecified atom stereocenters. The zero-order valence-electron chi connectivity index (χ0n) is 12.0. The van der Waals surface area contributed by atoms with E-state index in [2.05, 4.69) is 4.74 Å². The van der Waals surface area contributed by atoms with Gasteiger partial charge in [0.15, 0.2) is 11.6 Å². The number of carbonyl (C=O) groups is 1. The Morgan fingerprint density at radius 2 is 1.91 bits per heavy atom. The molecule has 3 nitrogen and oxygen atoms in total. The lowest BCUT2D eigenvalue weighted by Crippen LogP contribution is -2.05. The monoisotopic (exact) mass is 342 g/mol. The zero-order chi connectivity index (χ0) is 16.3. The van der Waals surface area contributed by atoms with Gasteiger partial charge in [-0.2, -0.15) is 0 Å². The van der Waals surface area contributed by atoms with Crippen molar-refractivity contribution in [2.75, 3.05) is 7.11 Å². The summed E-state index contributed by atoms with van der Waals surface area (Å²) in [4.78, 5) is 11.4. The van der Waals surface area contributed by atoms with E-state index in [4.69, 9.17) is 27.9 Å². The van der Waals surface area contributed by atoms with Gasteiger partial charge in [-0.3, -0.25) is 0 Å². The molecule has 6 heteroatoms. The Hall–Kier alpha value is -1.78. The van der Waals surface area contributed by atoms with Crippen LogP contribution < -0.4 is 4.74 Å². The first-order valence-electron chi connectivity index (χ1n) is 6.37. The molecule has 0 atom stereocenters. The summed E-state index contributed by atoms with van der Waals surface area (Å²) >= 11 is 11.7. The third kappa shape index (κ3) is 3.70. The van der Waals surface area contributed by atoms with E-state index in [1.807, 2.05) is 0 Å². The summed E-state index contributed by atoms with van der Waals surface area (Å²) in [5.74, 6) is -1.14. The summed E-state index contributed by atoms with van der Waals surface area (Å²) in [6.45, 7) is 1.78. The van der Waals surface area contributed by atoms with E-state index < -0.39 is 11.8 Å². The van der Waals surface area contributed by atoms with Gasteiger partial charge in [0.25, 0.3) is 0 Å². The van der Waals surface area contributed by atoms with Crippen LogP contribution in [0.15, 0.2) is 30.3 Å². The van der Waals surface area contributed by atoms with Gasteiger partial charge in [-0.05, 0) is 42.3 Å². The predicted octanol–water partition coefficient (Wildman–Crippen LogP) is 4.81. The topological polar surface area (TPSA) is 35.5 Å². The van der Waals surface area contributed by atoms with Gasteiger partial charge >= 0.3 is 5.97 Å². The Morgan fingerprint density at radius 3 is 2.50 bits per heavy atom. The highest BCUT2D eigenvalue weighted by Gasteiger charge is 2.14. The molecule has 0 fully saturated rings. The second-order valence-electron chi connectivity index (χ2n) is 4.63. The summed E-state index contributed by atoms with van der Waals surface area (Å²) < 4.78 is 24.1. The number of esters is 1. The molecule has 0 amide bonds. The van der Waals surface area contributed by atoms with Gasteiger partial charge in [0.1, 0.15) is 6.61 Å². The highest BCUT2D eigenvalue weighted by atomic mass is 35.5. The lowest BCUT2D eigenvalue weighted by molar-refractivity contribution is 0.0600. The van der Waals surface area contributed by atoms with Crippen LogP contribution in [0.1, 0.15) is 21.5 Å². The van der Waals surface area contributed by atoms with Crippen molar-refractivity contribution in [3.8, 4) is 5.75 Å². The standard InChI is InChI=1S/C16H13Cl2FO3/c1-9-5-11(16(20)21-2)7-14(19)15(9)22-8-10-3-4-12(17)13(18)6-10/h3-7H,8H2,1-2H3. The van der Waals surface area contributed by atoms with E-state index >= 15 is 0 Å². The van der Waals surface area contributed by atoms with E-state index in [1.54, 1.807) is 25.1 Å². The number of hydrogen-bond acceptors (Lipinski definition) is 3. The quantitative estimate of drug-likeness (QED) is 0.748. The van der Waals surface area contributed by atoms with Crippen LogP contribution in [0.3, 0.4) is 0 Å². The Balaban J connectivity index is 2.19. The molecule has 0 N–H and O–H groups in total. The highest BCUT2D eigenvalue weighted by molar-refractivity contribution is 6.42. The van der Waals surface area contributed by atoms with Crippen molar-refractivity contribution in [2.24, 2.45) is 0 Å². The Morgan fingerprint density at radius 1 is 1.18 bits per heavy atom. The van der Waals surface area contributed by atoms with Crippen molar-refractivity contribution in [3.63, 3.8) is 0 Å². The molecule has 0 spiro atoms. The van der Waals surface area contributed by atoms with Crippen molar-refractivity contribution < 1.29 is 18.7 Å². The minimum absolute atomic E-state index is 0.0822. The summed E-state index contributed by atoms with van der Waals surface area (Å²) in [5.41, 5.74) is 1.39. The van der Waals surface area contributed by atoms with Crippen LogP contribution in [0.2, 0.25) is 10.0 Å². The number of benzene rings is 2. The van der Waals surface area contributed by atoms with Gasteiger partial charge in [-0.1, -0.05) is 29.3 Å². The van der Waals surface area contributed by atoms with Gasteiger partial charge in [-0.25, -0.2) is 9.18 Å². The first-order chi connectivity index (χ1) is 10.4. The molecule has 2 aromatic carbocycles. The first kappa shape index (κ1) is 16.6. The molecule has 0 aromatic heterocycles. The molecule has 0 radical (unpaired) electrons. The lowest BCUT2D eigenvalue weighted by Gasteiger charge is -2.12. The summed E-state index contributed by atoms with van der Waals surface area (Å²) in [6.07, 6.45) is 0. The number of halogens is 3. The number of carbonyl (C=O) groups excluding carboxylic acids is 1. The fraction of sp³-hybridized carbons (Fsp3) is 0.188. The van der Waals surface area contributed by atoms with Crippen LogP contribution in [0, 0.1) is 12.7 Å². The third-order valence-electron chi connectivity index (χ3n) is 3.02. The van der Waals surface area contributed by atoms with E-state index in [1.165, 1.54) is 13.2 Å². The fourth-order valence-corrected chi connectivity index (χ4v) is 2.25. The third-order valence-corrected chi connectivity index (χ3v) is 3.76. The van der Waals surface area contributed by atoms with Crippen LogP contribution in [-0.4, -0.2) is 13.1 Å². The van der Waals surface area contributed by atoms with Crippen LogP contribution in [0.5, 0.6) is 5.75 Å². The van der Waals surface area contributed by atoms with Gasteiger partial charge in [0.05, 0.1) is 22.7 Å². The number of methoxy groups -OCH3 is 1. The number of aryl methyl sites for hydroxylation is 1. The maximum atomic E-state index is 14.1. The molecular formula is C16H13Cl2FO3. The molecule has 0 aliphatic carbocycles. The van der Waals surface area contributed by atoms with Gasteiger partial charge in [-0.15, -0.1) is 0 Å². The molecule has 116 valence electrons.